The fraction of sp³-hybridized carbons (Fsp3) is 0.722. The standard InChI is InChI=1S/C18H31N3/c1-6-10-19-15-8-7-9-16(21-15)20-14-11-17(2,3)13-18(4,5)12-14/h7-9,14H,6,10-13H2,1-5H3,(H2,19,20,21). The number of aromatic nitrogens is 1. The van der Waals surface area contributed by atoms with E-state index in [4.69, 9.17) is 0 Å². The molecule has 0 unspecified atom stereocenters. The second kappa shape index (κ2) is 6.25. The van der Waals surface area contributed by atoms with E-state index >= 15 is 0 Å². The van der Waals surface area contributed by atoms with E-state index in [1.807, 2.05) is 6.07 Å². The van der Waals surface area contributed by atoms with E-state index in [0.29, 0.717) is 16.9 Å². The molecular formula is C18H31N3. The van der Waals surface area contributed by atoms with Gasteiger partial charge in [0.1, 0.15) is 11.6 Å². The summed E-state index contributed by atoms with van der Waals surface area (Å²) in [5.41, 5.74) is 0.801. The summed E-state index contributed by atoms with van der Waals surface area (Å²) in [6.45, 7) is 12.7. The van der Waals surface area contributed by atoms with Crippen molar-refractivity contribution < 1.29 is 0 Å². The van der Waals surface area contributed by atoms with Crippen LogP contribution in [0.2, 0.25) is 0 Å². The van der Waals surface area contributed by atoms with E-state index in [-0.39, 0.29) is 0 Å². The largest absolute Gasteiger partial charge is 0.370 e. The number of hydrogen-bond donors (Lipinski definition) is 2. The lowest BCUT2D eigenvalue weighted by Gasteiger charge is -2.45. The maximum atomic E-state index is 4.68. The molecule has 1 aromatic rings. The molecule has 0 bridgehead atoms. The first-order valence-electron chi connectivity index (χ1n) is 8.27. The van der Waals surface area contributed by atoms with Crippen LogP contribution in [0.25, 0.3) is 0 Å². The van der Waals surface area contributed by atoms with Gasteiger partial charge in [-0.3, -0.25) is 0 Å². The van der Waals surface area contributed by atoms with Crippen LogP contribution in [0.15, 0.2) is 18.2 Å². The van der Waals surface area contributed by atoms with Crippen molar-refractivity contribution in [1.82, 2.24) is 4.98 Å². The van der Waals surface area contributed by atoms with E-state index in [2.05, 4.69) is 62.4 Å². The third-order valence-corrected chi connectivity index (χ3v) is 4.21. The summed E-state index contributed by atoms with van der Waals surface area (Å²) >= 11 is 0. The third-order valence-electron chi connectivity index (χ3n) is 4.21. The third kappa shape index (κ3) is 4.90. The molecule has 3 nitrogen and oxygen atoms in total. The van der Waals surface area contributed by atoms with Crippen LogP contribution in [0.4, 0.5) is 11.6 Å². The van der Waals surface area contributed by atoms with Crippen LogP contribution >= 0.6 is 0 Å². The summed E-state index contributed by atoms with van der Waals surface area (Å²) < 4.78 is 0. The van der Waals surface area contributed by atoms with Crippen LogP contribution in [0.5, 0.6) is 0 Å². The van der Waals surface area contributed by atoms with Crippen molar-refractivity contribution in [2.45, 2.75) is 66.3 Å². The number of hydrogen-bond acceptors (Lipinski definition) is 3. The first-order chi connectivity index (χ1) is 9.80. The fourth-order valence-corrected chi connectivity index (χ4v) is 4.02. The van der Waals surface area contributed by atoms with Crippen molar-refractivity contribution >= 4 is 11.6 Å². The van der Waals surface area contributed by atoms with Crippen molar-refractivity contribution in [3.63, 3.8) is 0 Å². The van der Waals surface area contributed by atoms with Crippen molar-refractivity contribution in [2.24, 2.45) is 10.8 Å². The Bertz CT molecular complexity index is 449. The highest BCUT2D eigenvalue weighted by molar-refractivity contribution is 5.45. The van der Waals surface area contributed by atoms with Gasteiger partial charge in [-0.15, -0.1) is 0 Å². The van der Waals surface area contributed by atoms with Gasteiger partial charge in [-0.1, -0.05) is 40.7 Å². The summed E-state index contributed by atoms with van der Waals surface area (Å²) in [4.78, 5) is 4.68. The predicted octanol–water partition coefficient (Wildman–Crippen LogP) is 4.92. The fourth-order valence-electron chi connectivity index (χ4n) is 4.02. The Morgan fingerprint density at radius 2 is 1.71 bits per heavy atom. The molecule has 1 heterocycles. The zero-order valence-electron chi connectivity index (χ0n) is 14.3. The lowest BCUT2D eigenvalue weighted by Crippen LogP contribution is -2.40. The normalized spacial score (nSPS) is 21.0. The van der Waals surface area contributed by atoms with Gasteiger partial charge < -0.3 is 10.6 Å². The van der Waals surface area contributed by atoms with Gasteiger partial charge in [-0.25, -0.2) is 4.98 Å². The van der Waals surface area contributed by atoms with Crippen molar-refractivity contribution in [3.05, 3.63) is 18.2 Å². The minimum absolute atomic E-state index is 0.400. The number of pyridine rings is 1. The molecule has 0 radical (unpaired) electrons. The van der Waals surface area contributed by atoms with Gasteiger partial charge in [0.05, 0.1) is 0 Å². The zero-order valence-corrected chi connectivity index (χ0v) is 14.3. The minimum atomic E-state index is 0.400. The molecule has 2 rings (SSSR count). The van der Waals surface area contributed by atoms with Crippen LogP contribution in [0, 0.1) is 10.8 Å². The maximum Gasteiger partial charge on any atom is 0.128 e. The predicted molar refractivity (Wildman–Crippen MR) is 91.8 cm³/mol. The smallest absolute Gasteiger partial charge is 0.128 e. The molecule has 0 aromatic carbocycles. The lowest BCUT2D eigenvalue weighted by atomic mass is 9.63. The Hall–Kier alpha value is -1.25. The quantitative estimate of drug-likeness (QED) is 0.807. The maximum absolute atomic E-state index is 4.68. The van der Waals surface area contributed by atoms with E-state index in [9.17, 15) is 0 Å². The second-order valence-corrected chi connectivity index (χ2v) is 8.09. The average molecular weight is 289 g/mol. The Balaban J connectivity index is 2.03. The minimum Gasteiger partial charge on any atom is -0.370 e. The van der Waals surface area contributed by atoms with Crippen molar-refractivity contribution in [1.29, 1.82) is 0 Å². The van der Waals surface area contributed by atoms with Crippen LogP contribution in [0.1, 0.15) is 60.3 Å². The molecule has 1 saturated carbocycles. The highest BCUT2D eigenvalue weighted by atomic mass is 15.1. The van der Waals surface area contributed by atoms with Gasteiger partial charge in [0.2, 0.25) is 0 Å². The van der Waals surface area contributed by atoms with Crippen molar-refractivity contribution in [2.75, 3.05) is 17.2 Å². The second-order valence-electron chi connectivity index (χ2n) is 8.09. The Labute approximate surface area is 129 Å². The highest BCUT2D eigenvalue weighted by Crippen LogP contribution is 2.46. The summed E-state index contributed by atoms with van der Waals surface area (Å²) in [6, 6.07) is 6.70. The molecule has 21 heavy (non-hydrogen) atoms. The SMILES string of the molecule is CCCNc1cccc(NC2CC(C)(C)CC(C)(C)C2)n1. The first-order valence-corrected chi connectivity index (χ1v) is 8.27. The summed E-state index contributed by atoms with van der Waals surface area (Å²) in [5.74, 6) is 1.96. The molecule has 1 fully saturated rings. The van der Waals surface area contributed by atoms with Gasteiger partial charge in [-0.2, -0.15) is 0 Å². The molecule has 1 aliphatic carbocycles. The molecule has 0 spiro atoms. The van der Waals surface area contributed by atoms with Gasteiger partial charge in [0.15, 0.2) is 0 Å². The topological polar surface area (TPSA) is 37.0 Å². The monoisotopic (exact) mass is 289 g/mol. The molecule has 3 heteroatoms. The number of rotatable bonds is 5. The molecule has 1 aliphatic rings. The molecule has 0 saturated heterocycles. The molecule has 0 aliphatic heterocycles. The van der Waals surface area contributed by atoms with Crippen LogP contribution in [0.3, 0.4) is 0 Å². The molecule has 0 atom stereocenters. The van der Waals surface area contributed by atoms with Crippen LogP contribution in [-0.2, 0) is 0 Å². The zero-order chi connectivity index (χ0) is 15.5. The van der Waals surface area contributed by atoms with Crippen molar-refractivity contribution in [3.8, 4) is 0 Å². The molecule has 1 aromatic heterocycles. The molecular weight excluding hydrogens is 258 g/mol. The number of nitrogens with zero attached hydrogens (tertiary/aromatic N) is 1. The average Bonchev–Trinajstić information content (AvgIpc) is 2.33. The van der Waals surface area contributed by atoms with Gasteiger partial charge >= 0.3 is 0 Å². The van der Waals surface area contributed by atoms with E-state index in [1.165, 1.54) is 19.3 Å². The summed E-state index contributed by atoms with van der Waals surface area (Å²) in [7, 11) is 0. The molecule has 0 amide bonds. The number of nitrogens with one attached hydrogen (secondary N) is 2. The lowest BCUT2D eigenvalue weighted by molar-refractivity contribution is 0.105. The number of anilines is 2. The van der Waals surface area contributed by atoms with Gasteiger partial charge in [-0.05, 0) is 48.6 Å². The van der Waals surface area contributed by atoms with E-state index in [0.717, 1.165) is 24.6 Å². The van der Waals surface area contributed by atoms with E-state index < -0.39 is 0 Å². The van der Waals surface area contributed by atoms with Gasteiger partial charge in [0, 0.05) is 12.6 Å². The van der Waals surface area contributed by atoms with Crippen LogP contribution < -0.4 is 10.6 Å². The molecule has 2 N–H and O–H groups in total. The molecule has 118 valence electrons. The summed E-state index contributed by atoms with van der Waals surface area (Å²) in [6.07, 6.45) is 4.84. The Morgan fingerprint density at radius 3 is 2.33 bits per heavy atom. The van der Waals surface area contributed by atoms with E-state index in [1.54, 1.807) is 0 Å². The van der Waals surface area contributed by atoms with Crippen LogP contribution in [-0.4, -0.2) is 17.6 Å². The Morgan fingerprint density at radius 1 is 1.10 bits per heavy atom. The Kier molecular flexibility index (Phi) is 4.80. The highest BCUT2D eigenvalue weighted by Gasteiger charge is 2.38. The summed E-state index contributed by atoms with van der Waals surface area (Å²) in [5, 5.41) is 7.01. The first kappa shape index (κ1) is 16.1. The van der Waals surface area contributed by atoms with Gasteiger partial charge in [0.25, 0.3) is 0 Å².